The summed E-state index contributed by atoms with van der Waals surface area (Å²) in [4.78, 5) is 39.7. The van der Waals surface area contributed by atoms with Crippen LogP contribution in [0.2, 0.25) is 0 Å². The number of aliphatic carboxylic acids is 1. The first-order valence-electron chi connectivity index (χ1n) is 12.2. The van der Waals surface area contributed by atoms with Crippen LogP contribution in [0.25, 0.3) is 11.1 Å². The van der Waals surface area contributed by atoms with Crippen LogP contribution < -0.4 is 5.32 Å². The lowest BCUT2D eigenvalue weighted by Gasteiger charge is -2.39. The number of carboxylic acid groups (broad SMARTS) is 1. The van der Waals surface area contributed by atoms with Crippen LogP contribution in [0.3, 0.4) is 0 Å². The van der Waals surface area contributed by atoms with E-state index in [1.165, 1.54) is 4.90 Å². The molecule has 1 atom stereocenters. The Balaban J connectivity index is 1.30. The Kier molecular flexibility index (Phi) is 6.02. The summed E-state index contributed by atoms with van der Waals surface area (Å²) in [7, 11) is 0. The second-order valence-electron chi connectivity index (χ2n) is 9.59. The van der Waals surface area contributed by atoms with E-state index in [9.17, 15) is 19.5 Å². The molecule has 2 aromatic rings. The Morgan fingerprint density at radius 2 is 1.56 bits per heavy atom. The van der Waals surface area contributed by atoms with Crippen LogP contribution in [0, 0.1) is 0 Å². The molecule has 2 N–H and O–H groups in total. The molecule has 1 aliphatic heterocycles. The molecule has 1 heterocycles. The molecule has 0 unspecified atom stereocenters. The molecule has 34 heavy (non-hydrogen) atoms. The monoisotopic (exact) mass is 462 g/mol. The van der Waals surface area contributed by atoms with Gasteiger partial charge in [-0.2, -0.15) is 0 Å². The van der Waals surface area contributed by atoms with Crippen molar-refractivity contribution in [2.75, 3.05) is 13.2 Å². The van der Waals surface area contributed by atoms with Gasteiger partial charge in [-0.15, -0.1) is 0 Å². The fourth-order valence-corrected chi connectivity index (χ4v) is 5.91. The summed E-state index contributed by atoms with van der Waals surface area (Å²) < 4.78 is 5.70. The summed E-state index contributed by atoms with van der Waals surface area (Å²) in [5.41, 5.74) is 3.47. The van der Waals surface area contributed by atoms with Gasteiger partial charge in [0.2, 0.25) is 5.91 Å². The molecule has 5 rings (SSSR count). The van der Waals surface area contributed by atoms with Gasteiger partial charge in [-0.1, -0.05) is 61.4 Å². The smallest absolute Gasteiger partial charge is 0.408 e. The molecule has 0 radical (unpaired) electrons. The van der Waals surface area contributed by atoms with Gasteiger partial charge in [-0.3, -0.25) is 4.79 Å². The van der Waals surface area contributed by atoms with Gasteiger partial charge in [-0.25, -0.2) is 9.59 Å². The van der Waals surface area contributed by atoms with E-state index >= 15 is 0 Å². The van der Waals surface area contributed by atoms with Crippen LogP contribution in [0.5, 0.6) is 0 Å². The average Bonchev–Trinajstić information content (AvgIpc) is 3.46. The van der Waals surface area contributed by atoms with Gasteiger partial charge in [0.05, 0.1) is 0 Å². The zero-order valence-electron chi connectivity index (χ0n) is 19.2. The SMILES string of the molecule is O=C(NC1(C(=O)N2CCCC[C@@H]2C(=O)O)CCCC1)OCC1c2ccccc2-c2ccccc21. The third-order valence-corrected chi connectivity index (χ3v) is 7.60. The summed E-state index contributed by atoms with van der Waals surface area (Å²) in [6, 6.07) is 15.4. The maximum atomic E-state index is 13.6. The zero-order chi connectivity index (χ0) is 23.7. The molecular weight excluding hydrogens is 432 g/mol. The van der Waals surface area contributed by atoms with Crippen molar-refractivity contribution in [2.24, 2.45) is 0 Å². The Bertz CT molecular complexity index is 1060. The number of benzene rings is 2. The molecule has 0 bridgehead atoms. The number of nitrogens with one attached hydrogen (secondary N) is 1. The van der Waals surface area contributed by atoms with Crippen molar-refractivity contribution in [1.29, 1.82) is 0 Å². The van der Waals surface area contributed by atoms with Crippen molar-refractivity contribution in [3.8, 4) is 11.1 Å². The fourth-order valence-electron chi connectivity index (χ4n) is 5.91. The van der Waals surface area contributed by atoms with E-state index in [0.717, 1.165) is 47.9 Å². The number of carbonyl (C=O) groups excluding carboxylic acids is 2. The van der Waals surface area contributed by atoms with Crippen molar-refractivity contribution in [1.82, 2.24) is 10.2 Å². The quantitative estimate of drug-likeness (QED) is 0.691. The third-order valence-electron chi connectivity index (χ3n) is 7.60. The summed E-state index contributed by atoms with van der Waals surface area (Å²) in [6.45, 7) is 0.579. The lowest BCUT2D eigenvalue weighted by Crippen LogP contribution is -2.62. The van der Waals surface area contributed by atoms with Crippen LogP contribution >= 0.6 is 0 Å². The highest BCUT2D eigenvalue weighted by Gasteiger charge is 2.48. The van der Waals surface area contributed by atoms with Crippen LogP contribution in [0.1, 0.15) is 62.0 Å². The van der Waals surface area contributed by atoms with E-state index in [2.05, 4.69) is 29.6 Å². The molecule has 2 aliphatic carbocycles. The molecule has 7 heteroatoms. The number of likely N-dealkylation sites (tertiary alicyclic amines) is 1. The summed E-state index contributed by atoms with van der Waals surface area (Å²) >= 11 is 0. The second-order valence-corrected chi connectivity index (χ2v) is 9.59. The van der Waals surface area contributed by atoms with Gasteiger partial charge >= 0.3 is 12.1 Å². The van der Waals surface area contributed by atoms with Crippen molar-refractivity contribution in [3.63, 3.8) is 0 Å². The molecule has 0 spiro atoms. The molecule has 2 amide bonds. The molecule has 1 saturated heterocycles. The lowest BCUT2D eigenvalue weighted by atomic mass is 9.92. The maximum absolute atomic E-state index is 13.6. The number of carbonyl (C=O) groups is 3. The van der Waals surface area contributed by atoms with Gasteiger partial charge in [-0.05, 0) is 54.4 Å². The zero-order valence-corrected chi connectivity index (χ0v) is 19.2. The van der Waals surface area contributed by atoms with E-state index in [1.54, 1.807) is 0 Å². The van der Waals surface area contributed by atoms with Crippen LogP contribution in [-0.4, -0.2) is 52.7 Å². The first-order chi connectivity index (χ1) is 16.5. The normalized spacial score (nSPS) is 20.9. The van der Waals surface area contributed by atoms with Gasteiger partial charge in [0, 0.05) is 12.5 Å². The fraction of sp³-hybridized carbons (Fsp3) is 0.444. The summed E-state index contributed by atoms with van der Waals surface area (Å²) in [5.74, 6) is -1.33. The van der Waals surface area contributed by atoms with Gasteiger partial charge < -0.3 is 20.1 Å². The number of amides is 2. The number of fused-ring (bicyclic) bond motifs is 3. The largest absolute Gasteiger partial charge is 0.480 e. The number of ether oxygens (including phenoxy) is 1. The van der Waals surface area contributed by atoms with E-state index in [4.69, 9.17) is 4.74 Å². The topological polar surface area (TPSA) is 95.9 Å². The number of carboxylic acids is 1. The molecule has 2 aromatic carbocycles. The minimum Gasteiger partial charge on any atom is -0.480 e. The summed E-state index contributed by atoms with van der Waals surface area (Å²) in [6.07, 6.45) is 3.99. The Hall–Kier alpha value is -3.35. The molecule has 3 aliphatic rings. The molecular formula is C27H30N2O5. The van der Waals surface area contributed by atoms with Crippen LogP contribution in [0.4, 0.5) is 4.79 Å². The third kappa shape index (κ3) is 3.93. The van der Waals surface area contributed by atoms with Crippen molar-refractivity contribution in [2.45, 2.75) is 62.4 Å². The highest BCUT2D eigenvalue weighted by Crippen LogP contribution is 2.44. The van der Waals surface area contributed by atoms with E-state index < -0.39 is 23.6 Å². The molecule has 2 fully saturated rings. The maximum Gasteiger partial charge on any atom is 0.408 e. The number of alkyl carbamates (subject to hydrolysis) is 1. The highest BCUT2D eigenvalue weighted by atomic mass is 16.5. The molecule has 178 valence electrons. The minimum atomic E-state index is -1.09. The minimum absolute atomic E-state index is 0.0631. The molecule has 1 saturated carbocycles. The van der Waals surface area contributed by atoms with Gasteiger partial charge in [0.15, 0.2) is 0 Å². The van der Waals surface area contributed by atoms with Crippen molar-refractivity contribution in [3.05, 3.63) is 59.7 Å². The standard InChI is InChI=1S/C27H30N2O5/c30-24(31)23-13-5-8-16-29(23)25(32)27(14-6-7-15-27)28-26(33)34-17-22-20-11-3-1-9-18(20)19-10-2-4-12-21(19)22/h1-4,9-12,22-23H,5-8,13-17H2,(H,28,33)(H,30,31)/t23-/m1/s1. The van der Waals surface area contributed by atoms with Crippen molar-refractivity contribution >= 4 is 18.0 Å². The van der Waals surface area contributed by atoms with Crippen LogP contribution in [0.15, 0.2) is 48.5 Å². The highest BCUT2D eigenvalue weighted by molar-refractivity contribution is 5.93. The first kappa shape index (κ1) is 22.4. The number of rotatable bonds is 5. The average molecular weight is 463 g/mol. The Morgan fingerprint density at radius 3 is 2.18 bits per heavy atom. The number of nitrogens with zero attached hydrogens (tertiary/aromatic N) is 1. The molecule has 7 nitrogen and oxygen atoms in total. The van der Waals surface area contributed by atoms with Gasteiger partial charge in [0.25, 0.3) is 0 Å². The van der Waals surface area contributed by atoms with E-state index in [1.807, 2.05) is 24.3 Å². The number of piperidine rings is 1. The Morgan fingerprint density at radius 1 is 0.941 bits per heavy atom. The Labute approximate surface area is 199 Å². The number of hydrogen-bond acceptors (Lipinski definition) is 4. The molecule has 0 aromatic heterocycles. The summed E-state index contributed by atoms with van der Waals surface area (Å²) in [5, 5.41) is 12.5. The van der Waals surface area contributed by atoms with Crippen LogP contribution in [-0.2, 0) is 14.3 Å². The number of hydrogen-bond donors (Lipinski definition) is 2. The predicted octanol–water partition coefficient (Wildman–Crippen LogP) is 4.30. The predicted molar refractivity (Wildman–Crippen MR) is 126 cm³/mol. The van der Waals surface area contributed by atoms with Gasteiger partial charge in [0.1, 0.15) is 18.2 Å². The lowest BCUT2D eigenvalue weighted by molar-refractivity contribution is -0.155. The van der Waals surface area contributed by atoms with Crippen molar-refractivity contribution < 1.29 is 24.2 Å². The van der Waals surface area contributed by atoms with E-state index in [-0.39, 0.29) is 18.4 Å². The first-order valence-corrected chi connectivity index (χ1v) is 12.2. The second kappa shape index (κ2) is 9.12. The van der Waals surface area contributed by atoms with E-state index in [0.29, 0.717) is 25.8 Å².